The second kappa shape index (κ2) is 6.10. The number of hydrogen-bond acceptors (Lipinski definition) is 5. The quantitative estimate of drug-likeness (QED) is 0.750. The number of hydrogen-bond donors (Lipinski definition) is 2. The fourth-order valence-electron chi connectivity index (χ4n) is 7.18. The number of fused-ring (bicyclic) bond motifs is 5. The van der Waals surface area contributed by atoms with Crippen molar-refractivity contribution in [2.45, 2.75) is 58.0 Å². The summed E-state index contributed by atoms with van der Waals surface area (Å²) in [7, 11) is 0. The maximum absolute atomic E-state index is 12.3. The molecule has 5 heteroatoms. The van der Waals surface area contributed by atoms with Crippen molar-refractivity contribution in [3.8, 4) is 0 Å². The van der Waals surface area contributed by atoms with Crippen LogP contribution in [0.1, 0.15) is 51.9 Å². The van der Waals surface area contributed by atoms with Gasteiger partial charge in [0.1, 0.15) is 12.9 Å². The molecule has 3 saturated carbocycles. The Morgan fingerprint density at radius 1 is 1.31 bits per heavy atom. The Kier molecular flexibility index (Phi) is 4.23. The van der Waals surface area contributed by atoms with Crippen LogP contribution >= 0.6 is 0 Å². The van der Waals surface area contributed by atoms with Crippen LogP contribution in [0.15, 0.2) is 11.6 Å². The van der Waals surface area contributed by atoms with E-state index in [1.807, 2.05) is 0 Å². The van der Waals surface area contributed by atoms with Crippen molar-refractivity contribution < 1.29 is 24.6 Å². The van der Waals surface area contributed by atoms with Crippen LogP contribution in [0, 0.1) is 34.5 Å². The van der Waals surface area contributed by atoms with Crippen molar-refractivity contribution in [3.63, 3.8) is 0 Å². The van der Waals surface area contributed by atoms with Gasteiger partial charge in [-0.2, -0.15) is 0 Å². The first-order chi connectivity index (χ1) is 12.4. The highest BCUT2D eigenvalue weighted by molar-refractivity contribution is 5.91. The van der Waals surface area contributed by atoms with Crippen molar-refractivity contribution in [3.05, 3.63) is 11.6 Å². The second-order valence-corrected chi connectivity index (χ2v) is 9.14. The Morgan fingerprint density at radius 3 is 2.77 bits per heavy atom. The molecule has 4 aliphatic carbocycles. The number of ketones is 2. The lowest BCUT2D eigenvalue weighted by Crippen LogP contribution is -2.58. The van der Waals surface area contributed by atoms with Gasteiger partial charge in [0, 0.05) is 17.8 Å². The molecule has 0 spiro atoms. The number of carbonyl (C=O) groups excluding carboxylic acids is 3. The molecular weight excluding hydrogens is 332 g/mol. The Labute approximate surface area is 153 Å². The van der Waals surface area contributed by atoms with Crippen LogP contribution in [0.3, 0.4) is 0 Å². The molecule has 0 amide bonds. The van der Waals surface area contributed by atoms with E-state index in [1.165, 1.54) is 0 Å². The summed E-state index contributed by atoms with van der Waals surface area (Å²) in [6, 6.07) is 0. The van der Waals surface area contributed by atoms with Crippen molar-refractivity contribution in [2.75, 3.05) is 6.61 Å². The number of aliphatic hydroxyl groups is 2. The van der Waals surface area contributed by atoms with Crippen LogP contribution in [0.4, 0.5) is 0 Å². The summed E-state index contributed by atoms with van der Waals surface area (Å²) in [5.74, 6) is -0.241. The van der Waals surface area contributed by atoms with Gasteiger partial charge in [0.15, 0.2) is 11.6 Å². The smallest absolute Gasteiger partial charge is 0.162 e. The molecule has 0 aromatic carbocycles. The fraction of sp³-hybridized carbons (Fsp3) is 0.762. The minimum Gasteiger partial charge on any atom is -0.393 e. The van der Waals surface area contributed by atoms with E-state index in [2.05, 4.69) is 6.92 Å². The Bertz CT molecular complexity index is 682. The van der Waals surface area contributed by atoms with Crippen molar-refractivity contribution in [1.29, 1.82) is 0 Å². The first-order valence-electron chi connectivity index (χ1n) is 9.89. The molecule has 3 fully saturated rings. The molecule has 0 bridgehead atoms. The van der Waals surface area contributed by atoms with Gasteiger partial charge in [0.05, 0.1) is 6.10 Å². The number of Topliss-reactive ketones (excluding diaryl/α,β-unsaturated/α-hetero) is 1. The molecule has 7 atom stereocenters. The highest BCUT2D eigenvalue weighted by Gasteiger charge is 2.64. The van der Waals surface area contributed by atoms with Crippen LogP contribution < -0.4 is 0 Å². The molecule has 2 N–H and O–H groups in total. The number of rotatable bonds is 3. The predicted molar refractivity (Wildman–Crippen MR) is 94.1 cm³/mol. The Morgan fingerprint density at radius 2 is 2.08 bits per heavy atom. The minimum absolute atomic E-state index is 0.0386. The zero-order valence-electron chi connectivity index (χ0n) is 15.3. The van der Waals surface area contributed by atoms with Crippen molar-refractivity contribution >= 4 is 17.9 Å². The summed E-state index contributed by atoms with van der Waals surface area (Å²) in [5, 5.41) is 20.5. The maximum Gasteiger partial charge on any atom is 0.162 e. The van der Waals surface area contributed by atoms with E-state index < -0.39 is 24.0 Å². The van der Waals surface area contributed by atoms with Crippen LogP contribution in [-0.4, -0.2) is 40.8 Å². The lowest BCUT2D eigenvalue weighted by atomic mass is 9.45. The zero-order valence-corrected chi connectivity index (χ0v) is 15.3. The van der Waals surface area contributed by atoms with Crippen LogP contribution in [0.5, 0.6) is 0 Å². The van der Waals surface area contributed by atoms with E-state index in [0.717, 1.165) is 37.5 Å². The summed E-state index contributed by atoms with van der Waals surface area (Å²) in [5.41, 5.74) is 0.140. The fourth-order valence-corrected chi connectivity index (χ4v) is 7.18. The van der Waals surface area contributed by atoms with E-state index in [9.17, 15) is 24.6 Å². The van der Waals surface area contributed by atoms with E-state index in [1.54, 1.807) is 6.08 Å². The predicted octanol–water partition coefficient (Wildman–Crippen LogP) is 1.85. The van der Waals surface area contributed by atoms with E-state index >= 15 is 0 Å². The average Bonchev–Trinajstić information content (AvgIpc) is 3.00. The van der Waals surface area contributed by atoms with Gasteiger partial charge in [-0.1, -0.05) is 12.5 Å². The molecule has 0 heterocycles. The normalized spacial score (nSPS) is 47.4. The lowest BCUT2D eigenvalue weighted by molar-refractivity contribution is -0.157. The monoisotopic (exact) mass is 360 g/mol. The maximum atomic E-state index is 12.3. The number of aldehydes is 1. The summed E-state index contributed by atoms with van der Waals surface area (Å²) in [6.07, 6.45) is 6.75. The first-order valence-corrected chi connectivity index (χ1v) is 9.89. The molecular formula is C21H28O5. The number of carbonyl (C=O) groups is 3. The highest BCUT2D eigenvalue weighted by Crippen LogP contribution is 2.66. The second-order valence-electron chi connectivity index (χ2n) is 9.14. The summed E-state index contributed by atoms with van der Waals surface area (Å²) < 4.78 is 0. The summed E-state index contributed by atoms with van der Waals surface area (Å²) >= 11 is 0. The first kappa shape index (κ1) is 18.1. The highest BCUT2D eigenvalue weighted by atomic mass is 16.3. The van der Waals surface area contributed by atoms with Crippen LogP contribution in [0.2, 0.25) is 0 Å². The Balaban J connectivity index is 1.74. The van der Waals surface area contributed by atoms with Gasteiger partial charge >= 0.3 is 0 Å². The van der Waals surface area contributed by atoms with E-state index in [-0.39, 0.29) is 34.7 Å². The number of allylic oxidation sites excluding steroid dienone is 1. The molecule has 0 aromatic rings. The third-order valence-electron chi connectivity index (χ3n) is 8.27. The number of aliphatic hydroxyl groups excluding tert-OH is 2. The Hall–Kier alpha value is -1.33. The summed E-state index contributed by atoms with van der Waals surface area (Å²) in [6.45, 7) is 1.63. The summed E-state index contributed by atoms with van der Waals surface area (Å²) in [4.78, 5) is 36.4. The van der Waals surface area contributed by atoms with Crippen LogP contribution in [-0.2, 0) is 14.4 Å². The van der Waals surface area contributed by atoms with Gasteiger partial charge in [-0.3, -0.25) is 9.59 Å². The van der Waals surface area contributed by atoms with Crippen molar-refractivity contribution in [1.82, 2.24) is 0 Å². The zero-order chi connectivity index (χ0) is 18.7. The molecule has 0 aliphatic heterocycles. The third kappa shape index (κ3) is 2.26. The third-order valence-corrected chi connectivity index (χ3v) is 8.27. The molecule has 26 heavy (non-hydrogen) atoms. The molecule has 0 aromatic heterocycles. The van der Waals surface area contributed by atoms with Gasteiger partial charge in [-0.15, -0.1) is 0 Å². The lowest BCUT2D eigenvalue weighted by Gasteiger charge is -2.59. The molecule has 4 aliphatic rings. The van der Waals surface area contributed by atoms with E-state index in [0.29, 0.717) is 19.3 Å². The van der Waals surface area contributed by atoms with E-state index in [4.69, 9.17) is 0 Å². The largest absolute Gasteiger partial charge is 0.393 e. The standard InChI is InChI=1S/C21H28O5/c1-20-7-6-13(24)8-12(20)2-3-14-15-4-5-16(18(26)10-22)21(15,11-23)9-17(25)19(14)20/h8,11,14-17,19,22,25H,2-7,9-10H2,1H3/t14-,15-,16?,17?,19-,20-,21+/m0/s1. The molecule has 142 valence electrons. The minimum atomic E-state index is -0.831. The van der Waals surface area contributed by atoms with Gasteiger partial charge in [0.2, 0.25) is 0 Å². The molecule has 0 radical (unpaired) electrons. The van der Waals surface area contributed by atoms with Gasteiger partial charge in [-0.25, -0.2) is 0 Å². The van der Waals surface area contributed by atoms with Gasteiger partial charge in [0.25, 0.3) is 0 Å². The average molecular weight is 360 g/mol. The van der Waals surface area contributed by atoms with Crippen molar-refractivity contribution in [2.24, 2.45) is 34.5 Å². The molecule has 0 saturated heterocycles. The topological polar surface area (TPSA) is 91.7 Å². The molecule has 2 unspecified atom stereocenters. The molecule has 4 rings (SSSR count). The molecule has 5 nitrogen and oxygen atoms in total. The SMILES string of the molecule is C[C@]12CCC(=O)C=C1CC[C@@H]1[C@H]2C(O)C[C@]2(C=O)C(C(=O)CO)CC[C@@H]12. The van der Waals surface area contributed by atoms with Gasteiger partial charge in [-0.05, 0) is 67.8 Å². The van der Waals surface area contributed by atoms with Crippen LogP contribution in [0.25, 0.3) is 0 Å². The van der Waals surface area contributed by atoms with Gasteiger partial charge < -0.3 is 15.0 Å².